The third kappa shape index (κ3) is 3.08. The summed E-state index contributed by atoms with van der Waals surface area (Å²) in [6.45, 7) is 0. The number of nitrogens with zero attached hydrogens (tertiary/aromatic N) is 4. The Labute approximate surface area is 87.2 Å². The van der Waals surface area contributed by atoms with Crippen LogP contribution in [0.5, 0.6) is 0 Å². The first kappa shape index (κ1) is 10.7. The monoisotopic (exact) mass is 202 g/mol. The standard InChI is InChI=1S/C9H10N6/c1-12-6-7(5-10)8(11)15-9-13-3-2-4-14-9/h2-4,6,12H,1H3,(H2,11,13,14,15). The molecule has 15 heavy (non-hydrogen) atoms. The molecule has 0 radical (unpaired) electrons. The van der Waals surface area contributed by atoms with E-state index in [2.05, 4.69) is 20.3 Å². The van der Waals surface area contributed by atoms with Crippen molar-refractivity contribution >= 4 is 11.8 Å². The van der Waals surface area contributed by atoms with Crippen molar-refractivity contribution in [1.29, 1.82) is 5.26 Å². The summed E-state index contributed by atoms with van der Waals surface area (Å²) >= 11 is 0. The molecule has 0 bridgehead atoms. The molecule has 0 aliphatic carbocycles. The van der Waals surface area contributed by atoms with E-state index in [1.165, 1.54) is 6.20 Å². The van der Waals surface area contributed by atoms with Crippen LogP contribution in [0.2, 0.25) is 0 Å². The average Bonchev–Trinajstić information content (AvgIpc) is 2.27. The van der Waals surface area contributed by atoms with E-state index in [0.717, 1.165) is 0 Å². The Morgan fingerprint density at radius 2 is 2.27 bits per heavy atom. The molecule has 0 saturated carbocycles. The van der Waals surface area contributed by atoms with Gasteiger partial charge in [-0.3, -0.25) is 0 Å². The highest BCUT2D eigenvalue weighted by molar-refractivity contribution is 6.01. The van der Waals surface area contributed by atoms with E-state index < -0.39 is 0 Å². The van der Waals surface area contributed by atoms with Crippen molar-refractivity contribution in [1.82, 2.24) is 15.3 Å². The lowest BCUT2D eigenvalue weighted by Gasteiger charge is -1.97. The highest BCUT2D eigenvalue weighted by Gasteiger charge is 2.01. The van der Waals surface area contributed by atoms with Gasteiger partial charge in [-0.2, -0.15) is 10.3 Å². The maximum Gasteiger partial charge on any atom is 0.251 e. The van der Waals surface area contributed by atoms with E-state index >= 15 is 0 Å². The number of nitriles is 1. The van der Waals surface area contributed by atoms with Crippen LogP contribution in [0.25, 0.3) is 0 Å². The molecule has 76 valence electrons. The van der Waals surface area contributed by atoms with Crippen LogP contribution < -0.4 is 11.1 Å². The Balaban J connectivity index is 2.94. The zero-order valence-electron chi connectivity index (χ0n) is 8.18. The van der Waals surface area contributed by atoms with Crippen LogP contribution in [0.4, 0.5) is 5.95 Å². The van der Waals surface area contributed by atoms with E-state index in [9.17, 15) is 0 Å². The van der Waals surface area contributed by atoms with Crippen molar-refractivity contribution < 1.29 is 0 Å². The van der Waals surface area contributed by atoms with Gasteiger partial charge in [0.1, 0.15) is 17.5 Å². The third-order valence-corrected chi connectivity index (χ3v) is 1.46. The molecule has 0 aliphatic rings. The lowest BCUT2D eigenvalue weighted by Crippen LogP contribution is -2.15. The van der Waals surface area contributed by atoms with Crippen LogP contribution in [-0.4, -0.2) is 22.9 Å². The van der Waals surface area contributed by atoms with Crippen LogP contribution in [0, 0.1) is 11.3 Å². The normalized spacial score (nSPS) is 12.0. The number of hydrogen-bond donors (Lipinski definition) is 2. The summed E-state index contributed by atoms with van der Waals surface area (Å²) in [5.74, 6) is 0.310. The number of amidine groups is 1. The molecule has 0 atom stereocenters. The van der Waals surface area contributed by atoms with Crippen LogP contribution in [0.1, 0.15) is 0 Å². The van der Waals surface area contributed by atoms with Crippen LogP contribution in [-0.2, 0) is 0 Å². The fourth-order valence-electron chi connectivity index (χ4n) is 0.825. The predicted octanol–water partition coefficient (Wildman–Crippen LogP) is 0.0922. The summed E-state index contributed by atoms with van der Waals surface area (Å²) < 4.78 is 0. The third-order valence-electron chi connectivity index (χ3n) is 1.46. The van der Waals surface area contributed by atoms with E-state index in [1.807, 2.05) is 6.07 Å². The minimum atomic E-state index is 0.0815. The lowest BCUT2D eigenvalue weighted by molar-refractivity contribution is 1.09. The minimum Gasteiger partial charge on any atom is -0.393 e. The molecule has 0 saturated heterocycles. The molecule has 6 heteroatoms. The summed E-state index contributed by atoms with van der Waals surface area (Å²) in [5.41, 5.74) is 5.83. The van der Waals surface area contributed by atoms with E-state index in [4.69, 9.17) is 11.0 Å². The van der Waals surface area contributed by atoms with E-state index in [1.54, 1.807) is 25.5 Å². The highest BCUT2D eigenvalue weighted by Crippen LogP contribution is 2.02. The Morgan fingerprint density at radius 3 is 2.80 bits per heavy atom. The number of aliphatic imine (C=N–C) groups is 1. The fourth-order valence-corrected chi connectivity index (χ4v) is 0.825. The summed E-state index contributed by atoms with van der Waals surface area (Å²) in [6, 6.07) is 3.58. The molecule has 1 rings (SSSR count). The van der Waals surface area contributed by atoms with Crippen molar-refractivity contribution in [3.63, 3.8) is 0 Å². The Morgan fingerprint density at radius 1 is 1.60 bits per heavy atom. The van der Waals surface area contributed by atoms with Crippen LogP contribution >= 0.6 is 0 Å². The molecule has 3 N–H and O–H groups in total. The Bertz CT molecular complexity index is 414. The predicted molar refractivity (Wildman–Crippen MR) is 56.1 cm³/mol. The van der Waals surface area contributed by atoms with Gasteiger partial charge in [0, 0.05) is 25.6 Å². The van der Waals surface area contributed by atoms with Gasteiger partial charge in [0.2, 0.25) is 0 Å². The number of hydrogen-bond acceptors (Lipinski definition) is 5. The molecule has 0 unspecified atom stereocenters. The molecule has 0 spiro atoms. The van der Waals surface area contributed by atoms with Crippen molar-refractivity contribution in [2.75, 3.05) is 7.05 Å². The van der Waals surface area contributed by atoms with Gasteiger partial charge in [-0.05, 0) is 6.07 Å². The zero-order chi connectivity index (χ0) is 11.1. The van der Waals surface area contributed by atoms with Crippen molar-refractivity contribution in [3.8, 4) is 6.07 Å². The van der Waals surface area contributed by atoms with Crippen LogP contribution in [0.3, 0.4) is 0 Å². The first-order valence-electron chi connectivity index (χ1n) is 4.17. The van der Waals surface area contributed by atoms with E-state index in [-0.39, 0.29) is 17.4 Å². The fraction of sp³-hybridized carbons (Fsp3) is 0.111. The number of aromatic nitrogens is 2. The van der Waals surface area contributed by atoms with Crippen LogP contribution in [0.15, 0.2) is 35.2 Å². The molecule has 1 aromatic heterocycles. The first-order valence-corrected chi connectivity index (χ1v) is 4.17. The lowest BCUT2D eigenvalue weighted by atomic mass is 10.3. The average molecular weight is 202 g/mol. The summed E-state index contributed by atoms with van der Waals surface area (Å²) in [6.07, 6.45) is 4.56. The van der Waals surface area contributed by atoms with E-state index in [0.29, 0.717) is 0 Å². The topological polar surface area (TPSA) is 100.0 Å². The van der Waals surface area contributed by atoms with Gasteiger partial charge in [0.25, 0.3) is 5.95 Å². The molecule has 0 amide bonds. The van der Waals surface area contributed by atoms with Crippen molar-refractivity contribution in [3.05, 3.63) is 30.2 Å². The minimum absolute atomic E-state index is 0.0815. The molecule has 1 heterocycles. The summed E-state index contributed by atoms with van der Waals surface area (Å²) in [4.78, 5) is 11.6. The van der Waals surface area contributed by atoms with Gasteiger partial charge in [-0.15, -0.1) is 0 Å². The molecule has 1 aromatic rings. The molecule has 6 nitrogen and oxygen atoms in total. The van der Waals surface area contributed by atoms with Gasteiger partial charge < -0.3 is 11.1 Å². The molecular formula is C9H10N6. The van der Waals surface area contributed by atoms with Gasteiger partial charge in [0.15, 0.2) is 0 Å². The van der Waals surface area contributed by atoms with Gasteiger partial charge in [-0.25, -0.2) is 9.97 Å². The smallest absolute Gasteiger partial charge is 0.251 e. The van der Waals surface area contributed by atoms with Crippen molar-refractivity contribution in [2.45, 2.75) is 0 Å². The maximum atomic E-state index is 8.75. The number of nitrogens with two attached hydrogens (primary N) is 1. The van der Waals surface area contributed by atoms with Gasteiger partial charge in [0.05, 0.1) is 0 Å². The zero-order valence-corrected chi connectivity index (χ0v) is 8.18. The second-order valence-corrected chi connectivity index (χ2v) is 2.50. The first-order chi connectivity index (χ1) is 7.27. The Hall–Kier alpha value is -2.42. The maximum absolute atomic E-state index is 8.75. The SMILES string of the molecule is CNC=C(C#N)C(N)=Nc1ncccn1. The van der Waals surface area contributed by atoms with Crippen molar-refractivity contribution in [2.24, 2.45) is 10.7 Å². The second kappa shape index (κ2) is 5.34. The quantitative estimate of drug-likeness (QED) is 0.411. The second-order valence-electron chi connectivity index (χ2n) is 2.50. The number of nitrogens with one attached hydrogen (secondary N) is 1. The number of rotatable bonds is 3. The molecular weight excluding hydrogens is 192 g/mol. The molecule has 0 fully saturated rings. The molecule has 0 aliphatic heterocycles. The molecule has 0 aromatic carbocycles. The Kier molecular flexibility index (Phi) is 3.79. The summed E-state index contributed by atoms with van der Waals surface area (Å²) in [7, 11) is 1.67. The largest absolute Gasteiger partial charge is 0.393 e. The highest BCUT2D eigenvalue weighted by atomic mass is 15.1. The van der Waals surface area contributed by atoms with Gasteiger partial charge >= 0.3 is 0 Å². The summed E-state index contributed by atoms with van der Waals surface area (Å²) in [5, 5.41) is 11.4. The van der Waals surface area contributed by atoms with Gasteiger partial charge in [-0.1, -0.05) is 0 Å².